The monoisotopic (exact) mass is 945 g/mol. The Morgan fingerprint density at radius 3 is 0.926 bits per heavy atom. The summed E-state index contributed by atoms with van der Waals surface area (Å²) in [7, 11) is 0. The van der Waals surface area contributed by atoms with Crippen LogP contribution < -0.4 is 0 Å². The van der Waals surface area contributed by atoms with Crippen LogP contribution in [0.5, 0.6) is 0 Å². The fourth-order valence-electron chi connectivity index (χ4n) is 7.59. The Labute approximate surface area is 419 Å². The molecular weight excluding hydrogens is 841 g/mol. The molecule has 0 spiro atoms. The summed E-state index contributed by atoms with van der Waals surface area (Å²) in [6, 6.07) is 0. The summed E-state index contributed by atoms with van der Waals surface area (Å²) >= 11 is 0. The first kappa shape index (κ1) is 64.3. The van der Waals surface area contributed by atoms with E-state index in [4.69, 9.17) is 14.2 Å². The molecule has 0 aliphatic rings. The number of carbonyl (C=O) groups is 3. The van der Waals surface area contributed by atoms with E-state index in [2.05, 4.69) is 118 Å². The van der Waals surface area contributed by atoms with Gasteiger partial charge in [0.25, 0.3) is 0 Å². The number of allylic oxidation sites excluding steroid dienone is 16. The van der Waals surface area contributed by atoms with Gasteiger partial charge >= 0.3 is 17.9 Å². The van der Waals surface area contributed by atoms with Crippen molar-refractivity contribution in [2.24, 2.45) is 0 Å². The lowest BCUT2D eigenvalue weighted by molar-refractivity contribution is -0.167. The summed E-state index contributed by atoms with van der Waals surface area (Å²) in [4.78, 5) is 37.9. The first-order chi connectivity index (χ1) is 33.5. The Kier molecular flexibility index (Phi) is 52.9. The van der Waals surface area contributed by atoms with Crippen molar-refractivity contribution in [3.8, 4) is 0 Å². The van der Waals surface area contributed by atoms with E-state index in [1.165, 1.54) is 103 Å². The zero-order chi connectivity index (χ0) is 49.3. The first-order valence-electron chi connectivity index (χ1n) is 28.2. The van der Waals surface area contributed by atoms with Crippen LogP contribution in [0.4, 0.5) is 0 Å². The van der Waals surface area contributed by atoms with Crippen molar-refractivity contribution < 1.29 is 28.6 Å². The predicted octanol–water partition coefficient (Wildman–Crippen LogP) is 18.9. The molecule has 0 N–H and O–H groups in total. The van der Waals surface area contributed by atoms with Gasteiger partial charge in [0.15, 0.2) is 6.10 Å². The Morgan fingerprint density at radius 2 is 0.574 bits per heavy atom. The lowest BCUT2D eigenvalue weighted by Crippen LogP contribution is -2.30. The van der Waals surface area contributed by atoms with Crippen LogP contribution in [0.3, 0.4) is 0 Å². The van der Waals surface area contributed by atoms with Crippen LogP contribution in [0.2, 0.25) is 0 Å². The molecule has 0 aromatic rings. The zero-order valence-electron chi connectivity index (χ0n) is 44.3. The zero-order valence-corrected chi connectivity index (χ0v) is 44.3. The van der Waals surface area contributed by atoms with Gasteiger partial charge in [-0.2, -0.15) is 0 Å². The molecule has 0 fully saturated rings. The number of ether oxygens (including phenoxy) is 3. The molecule has 0 bridgehead atoms. The summed E-state index contributed by atoms with van der Waals surface area (Å²) < 4.78 is 16.7. The van der Waals surface area contributed by atoms with Crippen molar-refractivity contribution in [2.45, 2.75) is 264 Å². The van der Waals surface area contributed by atoms with Gasteiger partial charge in [-0.15, -0.1) is 0 Å². The molecule has 0 aliphatic carbocycles. The predicted molar refractivity (Wildman–Crippen MR) is 293 cm³/mol. The van der Waals surface area contributed by atoms with E-state index in [9.17, 15) is 14.4 Å². The van der Waals surface area contributed by atoms with Crippen LogP contribution in [0, 0.1) is 0 Å². The number of rotatable bonds is 50. The quantitative estimate of drug-likeness (QED) is 0.0262. The van der Waals surface area contributed by atoms with E-state index >= 15 is 0 Å². The highest BCUT2D eigenvalue weighted by atomic mass is 16.6. The lowest BCUT2D eigenvalue weighted by Gasteiger charge is -2.18. The second-order valence-electron chi connectivity index (χ2n) is 18.5. The molecule has 6 heteroatoms. The van der Waals surface area contributed by atoms with E-state index in [1.807, 2.05) is 0 Å². The summed E-state index contributed by atoms with van der Waals surface area (Å²) in [5, 5.41) is 0. The van der Waals surface area contributed by atoms with Crippen molar-refractivity contribution in [3.05, 3.63) is 97.2 Å². The number of carbonyl (C=O) groups excluding carboxylic acids is 3. The van der Waals surface area contributed by atoms with Crippen molar-refractivity contribution in [2.75, 3.05) is 13.2 Å². The average molecular weight is 946 g/mol. The molecule has 0 saturated carbocycles. The largest absolute Gasteiger partial charge is 0.462 e. The van der Waals surface area contributed by atoms with Gasteiger partial charge < -0.3 is 14.2 Å². The number of unbranched alkanes of at least 4 members (excludes halogenated alkanes) is 23. The van der Waals surface area contributed by atoms with Crippen LogP contribution in [0.1, 0.15) is 258 Å². The van der Waals surface area contributed by atoms with Crippen molar-refractivity contribution >= 4 is 17.9 Å². The molecule has 0 saturated heterocycles. The minimum Gasteiger partial charge on any atom is -0.462 e. The van der Waals surface area contributed by atoms with E-state index in [0.717, 1.165) is 116 Å². The molecule has 6 nitrogen and oxygen atoms in total. The third-order valence-corrected chi connectivity index (χ3v) is 11.8. The normalized spacial score (nSPS) is 12.8. The van der Waals surface area contributed by atoms with Gasteiger partial charge in [-0.3, -0.25) is 14.4 Å². The summed E-state index contributed by atoms with van der Waals surface area (Å²) in [6.45, 7) is 6.43. The highest BCUT2D eigenvalue weighted by Crippen LogP contribution is 2.14. The first-order valence-corrected chi connectivity index (χ1v) is 28.2. The molecular formula is C62H104O6. The number of esters is 3. The van der Waals surface area contributed by atoms with Gasteiger partial charge in [0.1, 0.15) is 13.2 Å². The highest BCUT2D eigenvalue weighted by Gasteiger charge is 2.19. The Hall–Kier alpha value is -3.67. The molecule has 388 valence electrons. The maximum Gasteiger partial charge on any atom is 0.306 e. The molecule has 0 aliphatic heterocycles. The van der Waals surface area contributed by atoms with Crippen LogP contribution in [0.25, 0.3) is 0 Å². The summed E-state index contributed by atoms with van der Waals surface area (Å²) in [5.74, 6) is -0.909. The number of hydrogen-bond acceptors (Lipinski definition) is 6. The minimum absolute atomic E-state index is 0.0833. The lowest BCUT2D eigenvalue weighted by atomic mass is 10.1. The fourth-order valence-corrected chi connectivity index (χ4v) is 7.59. The van der Waals surface area contributed by atoms with Gasteiger partial charge in [-0.05, 0) is 103 Å². The molecule has 1 atom stereocenters. The molecule has 0 aromatic carbocycles. The SMILES string of the molecule is CC/C=C\C/C=C\C/C=C\C/C=C\C/C=C\C/C=C\CCCCCCCCCCC(=O)OCC(COC(=O)CCCCCCCC)OC(=O)CCCCCCCCC/C=C\C/C=C\CCCCC. The third kappa shape index (κ3) is 53.3. The fraction of sp³-hybridized carbons (Fsp3) is 0.694. The van der Waals surface area contributed by atoms with Crippen LogP contribution in [0.15, 0.2) is 97.2 Å². The maximum absolute atomic E-state index is 12.8. The molecule has 0 amide bonds. The van der Waals surface area contributed by atoms with E-state index in [1.54, 1.807) is 0 Å². The average Bonchev–Trinajstić information content (AvgIpc) is 3.34. The molecule has 1 unspecified atom stereocenters. The van der Waals surface area contributed by atoms with Crippen molar-refractivity contribution in [1.29, 1.82) is 0 Å². The van der Waals surface area contributed by atoms with Crippen LogP contribution >= 0.6 is 0 Å². The molecule has 0 aromatic heterocycles. The molecule has 0 heterocycles. The smallest absolute Gasteiger partial charge is 0.306 e. The Bertz CT molecular complexity index is 1360. The molecule has 68 heavy (non-hydrogen) atoms. The van der Waals surface area contributed by atoms with E-state index in [-0.39, 0.29) is 31.1 Å². The summed E-state index contributed by atoms with van der Waals surface area (Å²) in [5.41, 5.74) is 0. The van der Waals surface area contributed by atoms with Crippen LogP contribution in [-0.2, 0) is 28.6 Å². The van der Waals surface area contributed by atoms with Gasteiger partial charge in [0.2, 0.25) is 0 Å². The van der Waals surface area contributed by atoms with Crippen molar-refractivity contribution in [1.82, 2.24) is 0 Å². The van der Waals surface area contributed by atoms with Gasteiger partial charge in [0, 0.05) is 19.3 Å². The third-order valence-electron chi connectivity index (χ3n) is 11.8. The summed E-state index contributed by atoms with van der Waals surface area (Å²) in [6.07, 6.45) is 74.2. The minimum atomic E-state index is -0.782. The second-order valence-corrected chi connectivity index (χ2v) is 18.5. The van der Waals surface area contributed by atoms with Gasteiger partial charge in [-0.25, -0.2) is 0 Å². The Morgan fingerprint density at radius 1 is 0.309 bits per heavy atom. The maximum atomic E-state index is 12.8. The standard InChI is InChI=1S/C62H104O6/c1-4-7-10-13-16-18-20-22-24-26-27-28-29-30-31-32-33-34-35-37-38-40-42-44-46-49-52-55-61(64)67-58-59(57-66-60(63)54-51-48-15-12-9-6-3)68-62(65)56-53-50-47-45-43-41-39-36-25-23-21-19-17-14-11-8-5-2/h7,10,16-19,22-25,27-28,30-31,33-34,59H,4-6,8-9,11-15,20-21,26,29,32,35-58H2,1-3H3/b10-7-,18-16-,19-17-,24-22-,25-23-,28-27-,31-30-,34-33-. The number of hydrogen-bond donors (Lipinski definition) is 0. The van der Waals surface area contributed by atoms with Crippen molar-refractivity contribution in [3.63, 3.8) is 0 Å². The Balaban J connectivity index is 4.18. The molecule has 0 radical (unpaired) electrons. The van der Waals surface area contributed by atoms with Gasteiger partial charge in [0.05, 0.1) is 0 Å². The van der Waals surface area contributed by atoms with Gasteiger partial charge in [-0.1, -0.05) is 234 Å². The van der Waals surface area contributed by atoms with E-state index in [0.29, 0.717) is 19.3 Å². The van der Waals surface area contributed by atoms with Crippen LogP contribution in [-0.4, -0.2) is 37.2 Å². The van der Waals surface area contributed by atoms with E-state index < -0.39 is 6.10 Å². The second kappa shape index (κ2) is 55.9. The topological polar surface area (TPSA) is 78.9 Å². The molecule has 0 rings (SSSR count). The highest BCUT2D eigenvalue weighted by molar-refractivity contribution is 5.71.